The largest absolute Gasteiger partial charge is 0.481 e. The molecule has 0 bridgehead atoms. The van der Waals surface area contributed by atoms with E-state index in [1.54, 1.807) is 12.4 Å². The first-order valence-corrected chi connectivity index (χ1v) is 6.24. The van der Waals surface area contributed by atoms with E-state index in [9.17, 15) is 9.59 Å². The Kier molecular flexibility index (Phi) is 4.11. The van der Waals surface area contributed by atoms with Gasteiger partial charge in [-0.3, -0.25) is 19.5 Å². The number of piperazine rings is 1. The van der Waals surface area contributed by atoms with Crippen LogP contribution in [-0.2, 0) is 9.59 Å². The first-order chi connectivity index (χ1) is 9.09. The molecule has 2 unspecified atom stereocenters. The van der Waals surface area contributed by atoms with Crippen LogP contribution in [0.2, 0.25) is 0 Å². The van der Waals surface area contributed by atoms with Crippen LogP contribution in [0, 0.1) is 0 Å². The molecule has 6 heteroatoms. The molecule has 102 valence electrons. The summed E-state index contributed by atoms with van der Waals surface area (Å²) in [6, 6.07) is 3.11. The van der Waals surface area contributed by atoms with Crippen molar-refractivity contribution in [3.05, 3.63) is 30.1 Å². The van der Waals surface area contributed by atoms with Gasteiger partial charge in [-0.1, -0.05) is 6.07 Å². The summed E-state index contributed by atoms with van der Waals surface area (Å²) in [7, 11) is 0. The van der Waals surface area contributed by atoms with E-state index in [0.717, 1.165) is 5.56 Å². The van der Waals surface area contributed by atoms with E-state index >= 15 is 0 Å². The maximum Gasteiger partial charge on any atom is 0.305 e. The van der Waals surface area contributed by atoms with Crippen LogP contribution in [0.25, 0.3) is 0 Å². The number of aliphatic carboxylic acids is 1. The zero-order chi connectivity index (χ0) is 13.8. The Morgan fingerprint density at radius 1 is 1.68 bits per heavy atom. The second-order valence-electron chi connectivity index (χ2n) is 4.60. The van der Waals surface area contributed by atoms with Crippen LogP contribution in [0.15, 0.2) is 24.5 Å². The molecule has 2 atom stereocenters. The van der Waals surface area contributed by atoms with Gasteiger partial charge in [0.15, 0.2) is 0 Å². The number of nitrogens with one attached hydrogen (secondary N) is 1. The van der Waals surface area contributed by atoms with Gasteiger partial charge >= 0.3 is 5.97 Å². The number of rotatable bonds is 4. The van der Waals surface area contributed by atoms with Crippen LogP contribution < -0.4 is 5.32 Å². The lowest BCUT2D eigenvalue weighted by Gasteiger charge is -2.38. The highest BCUT2D eigenvalue weighted by molar-refractivity contribution is 5.86. The minimum atomic E-state index is -0.967. The van der Waals surface area contributed by atoms with Gasteiger partial charge in [-0.05, 0) is 18.6 Å². The highest BCUT2D eigenvalue weighted by atomic mass is 16.4. The summed E-state index contributed by atoms with van der Waals surface area (Å²) in [6.45, 7) is 3.14. The highest BCUT2D eigenvalue weighted by Crippen LogP contribution is 2.24. The topological polar surface area (TPSA) is 82.5 Å². The third-order valence-corrected chi connectivity index (χ3v) is 3.40. The monoisotopic (exact) mass is 263 g/mol. The molecule has 19 heavy (non-hydrogen) atoms. The average Bonchev–Trinajstić information content (AvgIpc) is 2.41. The van der Waals surface area contributed by atoms with E-state index < -0.39 is 12.0 Å². The van der Waals surface area contributed by atoms with Crippen molar-refractivity contribution < 1.29 is 14.7 Å². The molecule has 0 radical (unpaired) electrons. The Bertz CT molecular complexity index is 463. The number of hydrogen-bond acceptors (Lipinski definition) is 4. The van der Waals surface area contributed by atoms with Crippen molar-refractivity contribution in [3.63, 3.8) is 0 Å². The standard InChI is InChI=1S/C13H17N3O3/c1-9(10-3-2-4-14-8-10)16-6-5-15-13(19)11(16)7-12(17)18/h2-4,8-9,11H,5-7H2,1H3,(H,15,19)(H,17,18). The average molecular weight is 263 g/mol. The van der Waals surface area contributed by atoms with Crippen LogP contribution in [0.3, 0.4) is 0 Å². The zero-order valence-electron chi connectivity index (χ0n) is 10.7. The van der Waals surface area contributed by atoms with Gasteiger partial charge in [-0.15, -0.1) is 0 Å². The van der Waals surface area contributed by atoms with Crippen LogP contribution in [0.4, 0.5) is 0 Å². The molecule has 1 saturated heterocycles. The van der Waals surface area contributed by atoms with Crippen LogP contribution in [0.1, 0.15) is 24.9 Å². The number of aromatic nitrogens is 1. The molecular formula is C13H17N3O3. The summed E-state index contributed by atoms with van der Waals surface area (Å²) in [5, 5.41) is 11.6. The van der Waals surface area contributed by atoms with Gasteiger partial charge in [-0.2, -0.15) is 0 Å². The minimum Gasteiger partial charge on any atom is -0.481 e. The molecule has 1 amide bonds. The maximum atomic E-state index is 11.8. The van der Waals surface area contributed by atoms with Gasteiger partial charge in [0.2, 0.25) is 5.91 Å². The molecular weight excluding hydrogens is 246 g/mol. The molecule has 2 N–H and O–H groups in total. The fourth-order valence-electron chi connectivity index (χ4n) is 2.39. The second-order valence-corrected chi connectivity index (χ2v) is 4.60. The van der Waals surface area contributed by atoms with Gasteiger partial charge in [0.1, 0.15) is 6.04 Å². The summed E-state index contributed by atoms with van der Waals surface area (Å²) in [4.78, 5) is 28.7. The third-order valence-electron chi connectivity index (χ3n) is 3.40. The molecule has 2 rings (SSSR count). The number of carboxylic acids is 1. The van der Waals surface area contributed by atoms with E-state index in [2.05, 4.69) is 10.3 Å². The Labute approximate surface area is 111 Å². The number of nitrogens with zero attached hydrogens (tertiary/aromatic N) is 2. The first-order valence-electron chi connectivity index (χ1n) is 6.24. The number of amides is 1. The molecule has 1 aliphatic rings. The Balaban J connectivity index is 2.19. The van der Waals surface area contributed by atoms with Gasteiger partial charge in [0.05, 0.1) is 6.42 Å². The summed E-state index contributed by atoms with van der Waals surface area (Å²) >= 11 is 0. The number of hydrogen-bond donors (Lipinski definition) is 2. The van der Waals surface area contributed by atoms with Crippen LogP contribution in [-0.4, -0.2) is 46.0 Å². The summed E-state index contributed by atoms with van der Waals surface area (Å²) in [6.07, 6.45) is 3.25. The smallest absolute Gasteiger partial charge is 0.305 e. The minimum absolute atomic E-state index is 0.0379. The van der Waals surface area contributed by atoms with E-state index in [0.29, 0.717) is 13.1 Å². The molecule has 0 spiro atoms. The van der Waals surface area contributed by atoms with Crippen molar-refractivity contribution in [2.45, 2.75) is 25.4 Å². The molecule has 1 aliphatic heterocycles. The first kappa shape index (κ1) is 13.5. The fourth-order valence-corrected chi connectivity index (χ4v) is 2.39. The van der Waals surface area contributed by atoms with Crippen LogP contribution >= 0.6 is 0 Å². The number of carbonyl (C=O) groups is 2. The van der Waals surface area contributed by atoms with Crippen molar-refractivity contribution in [3.8, 4) is 0 Å². The number of carbonyl (C=O) groups excluding carboxylic acids is 1. The van der Waals surface area contributed by atoms with Crippen molar-refractivity contribution >= 4 is 11.9 Å². The van der Waals surface area contributed by atoms with E-state index in [4.69, 9.17) is 5.11 Å². The molecule has 1 aromatic heterocycles. The number of pyridine rings is 1. The lowest BCUT2D eigenvalue weighted by molar-refractivity contribution is -0.143. The van der Waals surface area contributed by atoms with Gasteiger partial charge < -0.3 is 10.4 Å². The third kappa shape index (κ3) is 3.08. The Morgan fingerprint density at radius 3 is 3.11 bits per heavy atom. The maximum absolute atomic E-state index is 11.8. The molecule has 0 aliphatic carbocycles. The normalized spacial score (nSPS) is 21.7. The molecule has 1 aromatic rings. The van der Waals surface area contributed by atoms with Crippen LogP contribution in [0.5, 0.6) is 0 Å². The van der Waals surface area contributed by atoms with E-state index in [1.807, 2.05) is 24.0 Å². The molecule has 0 saturated carbocycles. The SMILES string of the molecule is CC(c1cccnc1)N1CCNC(=O)C1CC(=O)O. The fraction of sp³-hybridized carbons (Fsp3) is 0.462. The van der Waals surface area contributed by atoms with E-state index in [1.165, 1.54) is 0 Å². The summed E-state index contributed by atoms with van der Waals surface area (Å²) < 4.78 is 0. The highest BCUT2D eigenvalue weighted by Gasteiger charge is 2.34. The second kappa shape index (κ2) is 5.79. The van der Waals surface area contributed by atoms with Crippen molar-refractivity contribution in [1.29, 1.82) is 0 Å². The molecule has 2 heterocycles. The predicted molar refractivity (Wildman–Crippen MR) is 68.4 cm³/mol. The van der Waals surface area contributed by atoms with Crippen molar-refractivity contribution in [2.24, 2.45) is 0 Å². The summed E-state index contributed by atoms with van der Waals surface area (Å²) in [5.41, 5.74) is 0.979. The zero-order valence-corrected chi connectivity index (χ0v) is 10.7. The van der Waals surface area contributed by atoms with Gasteiger partial charge in [-0.25, -0.2) is 0 Å². The Morgan fingerprint density at radius 2 is 2.47 bits per heavy atom. The lowest BCUT2D eigenvalue weighted by Crippen LogP contribution is -2.56. The Hall–Kier alpha value is -1.95. The summed E-state index contributed by atoms with van der Waals surface area (Å²) in [5.74, 6) is -1.19. The lowest BCUT2D eigenvalue weighted by atomic mass is 10.0. The van der Waals surface area contributed by atoms with E-state index in [-0.39, 0.29) is 18.4 Å². The van der Waals surface area contributed by atoms with Crippen molar-refractivity contribution in [2.75, 3.05) is 13.1 Å². The van der Waals surface area contributed by atoms with Crippen molar-refractivity contribution in [1.82, 2.24) is 15.2 Å². The predicted octanol–water partition coefficient (Wildman–Crippen LogP) is 0.418. The molecule has 1 fully saturated rings. The molecule has 6 nitrogen and oxygen atoms in total. The number of carboxylic acid groups (broad SMARTS) is 1. The quantitative estimate of drug-likeness (QED) is 0.822. The van der Waals surface area contributed by atoms with Gasteiger partial charge in [0, 0.05) is 31.5 Å². The molecule has 0 aromatic carbocycles. The van der Waals surface area contributed by atoms with Gasteiger partial charge in [0.25, 0.3) is 0 Å².